The van der Waals surface area contributed by atoms with Gasteiger partial charge < -0.3 is 0 Å². The van der Waals surface area contributed by atoms with Crippen LogP contribution in [0.5, 0.6) is 0 Å². The number of benzene rings is 1. The van der Waals surface area contributed by atoms with Crippen molar-refractivity contribution in [3.05, 3.63) is 126 Å². The second-order valence-corrected chi connectivity index (χ2v) is 6.49. The van der Waals surface area contributed by atoms with Crippen LogP contribution in [-0.2, 0) is 0 Å². The minimum atomic E-state index is -0.541. The highest BCUT2D eigenvalue weighted by Crippen LogP contribution is 2.42. The Labute approximate surface area is 161 Å². The van der Waals surface area contributed by atoms with Gasteiger partial charge in [-0.1, -0.05) is 30.3 Å². The lowest BCUT2D eigenvalue weighted by Crippen LogP contribution is -2.15. The van der Waals surface area contributed by atoms with E-state index in [2.05, 4.69) is 15.0 Å². The molecular formula is C23H17F2N3. The zero-order valence-electron chi connectivity index (χ0n) is 14.9. The van der Waals surface area contributed by atoms with Gasteiger partial charge in [-0.15, -0.1) is 0 Å². The molecule has 3 heterocycles. The van der Waals surface area contributed by atoms with Crippen LogP contribution in [0.2, 0.25) is 0 Å². The van der Waals surface area contributed by atoms with Gasteiger partial charge in [0.25, 0.3) is 0 Å². The molecular weight excluding hydrogens is 356 g/mol. The molecule has 3 nitrogen and oxygen atoms in total. The molecule has 1 atom stereocenters. The van der Waals surface area contributed by atoms with Gasteiger partial charge in [0, 0.05) is 42.8 Å². The first-order valence-electron chi connectivity index (χ1n) is 8.89. The van der Waals surface area contributed by atoms with Crippen LogP contribution in [-0.4, -0.2) is 15.0 Å². The quantitative estimate of drug-likeness (QED) is 0.456. The van der Waals surface area contributed by atoms with Gasteiger partial charge in [0.2, 0.25) is 5.95 Å². The Kier molecular flexibility index (Phi) is 5.15. The molecule has 0 aliphatic heterocycles. The van der Waals surface area contributed by atoms with Crippen LogP contribution in [0, 0.1) is 11.8 Å². The third kappa shape index (κ3) is 3.78. The molecule has 0 saturated carbocycles. The topological polar surface area (TPSA) is 38.7 Å². The SMILES string of the molecule is Fc1ccc(C(c2ccc(F)nc2)C(c2cccnc2)c2cccnc2)cc1. The summed E-state index contributed by atoms with van der Waals surface area (Å²) in [4.78, 5) is 12.4. The van der Waals surface area contributed by atoms with Gasteiger partial charge in [-0.05, 0) is 52.6 Å². The first-order chi connectivity index (χ1) is 13.7. The Bertz CT molecular complexity index is 936. The molecule has 0 amide bonds. The molecule has 0 radical (unpaired) electrons. The van der Waals surface area contributed by atoms with Crippen LogP contribution in [0.15, 0.2) is 91.6 Å². The van der Waals surface area contributed by atoms with Gasteiger partial charge in [-0.3, -0.25) is 9.97 Å². The maximum Gasteiger partial charge on any atom is 0.212 e. The zero-order valence-corrected chi connectivity index (χ0v) is 14.9. The van der Waals surface area contributed by atoms with Crippen LogP contribution in [0.4, 0.5) is 8.78 Å². The predicted octanol–water partition coefficient (Wildman–Crippen LogP) is 5.11. The number of halogens is 2. The maximum atomic E-state index is 13.6. The van der Waals surface area contributed by atoms with Crippen molar-refractivity contribution in [1.29, 1.82) is 0 Å². The van der Waals surface area contributed by atoms with Gasteiger partial charge in [0.1, 0.15) is 5.82 Å². The van der Waals surface area contributed by atoms with Crippen LogP contribution in [0.3, 0.4) is 0 Å². The first kappa shape index (κ1) is 17.9. The van der Waals surface area contributed by atoms with E-state index in [1.54, 1.807) is 30.6 Å². The van der Waals surface area contributed by atoms with E-state index in [4.69, 9.17) is 0 Å². The second kappa shape index (κ2) is 8.05. The normalized spacial score (nSPS) is 12.1. The van der Waals surface area contributed by atoms with Crippen LogP contribution in [0.25, 0.3) is 0 Å². The Morgan fingerprint density at radius 3 is 1.61 bits per heavy atom. The fraction of sp³-hybridized carbons (Fsp3) is 0.0870. The fourth-order valence-corrected chi connectivity index (χ4v) is 3.52. The van der Waals surface area contributed by atoms with Crippen molar-refractivity contribution in [2.45, 2.75) is 11.8 Å². The number of aromatic nitrogens is 3. The average molecular weight is 373 g/mol. The van der Waals surface area contributed by atoms with E-state index in [0.717, 1.165) is 22.3 Å². The van der Waals surface area contributed by atoms with Gasteiger partial charge in [-0.25, -0.2) is 9.37 Å². The zero-order chi connectivity index (χ0) is 19.3. The molecule has 0 saturated heterocycles. The summed E-state index contributed by atoms with van der Waals surface area (Å²) in [6, 6.07) is 17.2. The lowest BCUT2D eigenvalue weighted by atomic mass is 9.75. The van der Waals surface area contributed by atoms with E-state index >= 15 is 0 Å². The van der Waals surface area contributed by atoms with Crippen molar-refractivity contribution >= 4 is 0 Å². The highest BCUT2D eigenvalue weighted by atomic mass is 19.1. The molecule has 0 bridgehead atoms. The highest BCUT2D eigenvalue weighted by Gasteiger charge is 2.29. The molecule has 0 spiro atoms. The first-order valence-corrected chi connectivity index (χ1v) is 8.89. The third-order valence-corrected chi connectivity index (χ3v) is 4.76. The van der Waals surface area contributed by atoms with Crippen molar-refractivity contribution in [1.82, 2.24) is 15.0 Å². The summed E-state index contributed by atoms with van der Waals surface area (Å²) in [7, 11) is 0. The molecule has 28 heavy (non-hydrogen) atoms. The lowest BCUT2D eigenvalue weighted by Gasteiger charge is -2.28. The van der Waals surface area contributed by atoms with Crippen LogP contribution >= 0.6 is 0 Å². The fourth-order valence-electron chi connectivity index (χ4n) is 3.52. The molecule has 138 valence electrons. The van der Waals surface area contributed by atoms with Crippen molar-refractivity contribution in [2.24, 2.45) is 0 Å². The average Bonchev–Trinajstić information content (AvgIpc) is 2.75. The van der Waals surface area contributed by atoms with Crippen LogP contribution in [0.1, 0.15) is 34.1 Å². The highest BCUT2D eigenvalue weighted by molar-refractivity contribution is 5.42. The minimum absolute atomic E-state index is 0.153. The van der Waals surface area contributed by atoms with E-state index in [0.29, 0.717) is 0 Å². The summed E-state index contributed by atoms with van der Waals surface area (Å²) in [5, 5.41) is 0. The molecule has 3 aromatic heterocycles. The summed E-state index contributed by atoms with van der Waals surface area (Å²) in [6.45, 7) is 0. The standard InChI is InChI=1S/C23H17F2N3/c24-20-8-5-16(6-9-20)22(19-7-10-21(25)28-15-19)23(17-3-1-11-26-13-17)18-4-2-12-27-14-18/h1-15,22-23H. The Morgan fingerprint density at radius 1 is 0.571 bits per heavy atom. The molecule has 4 aromatic rings. The lowest BCUT2D eigenvalue weighted by molar-refractivity contribution is 0.578. The van der Waals surface area contributed by atoms with Crippen molar-refractivity contribution < 1.29 is 8.78 Å². The predicted molar refractivity (Wildman–Crippen MR) is 103 cm³/mol. The van der Waals surface area contributed by atoms with Gasteiger partial charge in [0.05, 0.1) is 0 Å². The molecule has 1 aromatic carbocycles. The number of hydrogen-bond acceptors (Lipinski definition) is 3. The van der Waals surface area contributed by atoms with Gasteiger partial charge in [-0.2, -0.15) is 4.39 Å². The molecule has 1 unspecified atom stereocenters. The number of pyridine rings is 3. The molecule has 0 aliphatic rings. The maximum absolute atomic E-state index is 13.6. The van der Waals surface area contributed by atoms with E-state index < -0.39 is 5.95 Å². The Morgan fingerprint density at radius 2 is 1.11 bits per heavy atom. The number of hydrogen-bond donors (Lipinski definition) is 0. The summed E-state index contributed by atoms with van der Waals surface area (Å²) < 4.78 is 27.0. The molecule has 0 aliphatic carbocycles. The smallest absolute Gasteiger partial charge is 0.212 e. The molecule has 4 rings (SSSR count). The molecule has 5 heteroatoms. The van der Waals surface area contributed by atoms with E-state index in [9.17, 15) is 8.78 Å². The minimum Gasteiger partial charge on any atom is -0.264 e. The molecule has 0 fully saturated rings. The Balaban J connectivity index is 1.93. The third-order valence-electron chi connectivity index (χ3n) is 4.76. The van der Waals surface area contributed by atoms with Crippen molar-refractivity contribution in [3.63, 3.8) is 0 Å². The second-order valence-electron chi connectivity index (χ2n) is 6.49. The molecule has 0 N–H and O–H groups in total. The van der Waals surface area contributed by atoms with E-state index in [1.807, 2.05) is 36.7 Å². The Hall–Kier alpha value is -3.47. The van der Waals surface area contributed by atoms with E-state index in [1.165, 1.54) is 24.4 Å². The van der Waals surface area contributed by atoms with Crippen LogP contribution < -0.4 is 0 Å². The van der Waals surface area contributed by atoms with Gasteiger partial charge >= 0.3 is 0 Å². The monoisotopic (exact) mass is 373 g/mol. The summed E-state index contributed by atoms with van der Waals surface area (Å²) in [5.41, 5.74) is 3.68. The largest absolute Gasteiger partial charge is 0.264 e. The van der Waals surface area contributed by atoms with Crippen molar-refractivity contribution in [2.75, 3.05) is 0 Å². The summed E-state index contributed by atoms with van der Waals surface area (Å²) >= 11 is 0. The summed E-state index contributed by atoms with van der Waals surface area (Å²) in [6.07, 6.45) is 8.59. The van der Waals surface area contributed by atoms with Gasteiger partial charge in [0.15, 0.2) is 0 Å². The number of nitrogens with zero attached hydrogens (tertiary/aromatic N) is 3. The van der Waals surface area contributed by atoms with E-state index in [-0.39, 0.29) is 17.7 Å². The number of rotatable bonds is 5. The van der Waals surface area contributed by atoms with Crippen molar-refractivity contribution in [3.8, 4) is 0 Å². The summed E-state index contributed by atoms with van der Waals surface area (Å²) in [5.74, 6) is -1.22.